The molecule has 0 spiro atoms. The summed E-state index contributed by atoms with van der Waals surface area (Å²) in [6.07, 6.45) is 2.35. The zero-order valence-electron chi connectivity index (χ0n) is 9.73. The van der Waals surface area contributed by atoms with Gasteiger partial charge in [-0.15, -0.1) is 0 Å². The largest absolute Gasteiger partial charge is 0.461 e. The zero-order chi connectivity index (χ0) is 11.4. The second kappa shape index (κ2) is 5.47. The number of hydrogen-bond acceptors (Lipinski definition) is 4. The second-order valence-electron chi connectivity index (χ2n) is 4.54. The first kappa shape index (κ1) is 12.5. The van der Waals surface area contributed by atoms with Crippen LogP contribution in [0.1, 0.15) is 26.7 Å². The lowest BCUT2D eigenvalue weighted by Gasteiger charge is -2.22. The molecule has 0 amide bonds. The highest BCUT2D eigenvalue weighted by Crippen LogP contribution is 2.37. The summed E-state index contributed by atoms with van der Waals surface area (Å²) in [7, 11) is 1.52. The minimum Gasteiger partial charge on any atom is -0.461 e. The van der Waals surface area contributed by atoms with Crippen molar-refractivity contribution in [2.75, 3.05) is 13.7 Å². The van der Waals surface area contributed by atoms with E-state index in [1.807, 2.05) is 0 Å². The number of esters is 1. The third kappa shape index (κ3) is 3.80. The fourth-order valence-electron chi connectivity index (χ4n) is 1.67. The lowest BCUT2D eigenvalue weighted by atomic mass is 10.0. The molecule has 0 radical (unpaired) electrons. The number of ether oxygens (including phenoxy) is 2. The van der Waals surface area contributed by atoms with Gasteiger partial charge >= 0.3 is 5.97 Å². The van der Waals surface area contributed by atoms with Crippen LogP contribution in [0, 0.1) is 11.8 Å². The fourth-order valence-corrected chi connectivity index (χ4v) is 1.67. The number of carbonyl (C=O) groups excluding carboxylic acids is 1. The van der Waals surface area contributed by atoms with E-state index in [9.17, 15) is 4.79 Å². The lowest BCUT2D eigenvalue weighted by molar-refractivity contribution is -0.155. The average molecular weight is 215 g/mol. The summed E-state index contributed by atoms with van der Waals surface area (Å²) in [5.74, 6) is 0.558. The van der Waals surface area contributed by atoms with Crippen LogP contribution in [-0.4, -0.2) is 31.8 Å². The number of hydrogen-bond donors (Lipinski definition) is 1. The first-order valence-corrected chi connectivity index (χ1v) is 5.51. The molecule has 0 aromatic rings. The van der Waals surface area contributed by atoms with Gasteiger partial charge in [-0.3, -0.25) is 4.79 Å². The molecule has 0 heterocycles. The van der Waals surface area contributed by atoms with E-state index in [1.54, 1.807) is 0 Å². The van der Waals surface area contributed by atoms with Crippen LogP contribution in [-0.2, 0) is 14.3 Å². The van der Waals surface area contributed by atoms with Crippen LogP contribution in [0.4, 0.5) is 0 Å². The Bertz CT molecular complexity index is 212. The summed E-state index contributed by atoms with van der Waals surface area (Å²) in [6.45, 7) is 4.35. The molecule has 4 heteroatoms. The first-order valence-electron chi connectivity index (χ1n) is 5.51. The van der Waals surface area contributed by atoms with Crippen LogP contribution in [0.15, 0.2) is 0 Å². The maximum Gasteiger partial charge on any atom is 0.325 e. The fraction of sp³-hybridized carbons (Fsp3) is 0.909. The highest BCUT2D eigenvalue weighted by molar-refractivity contribution is 5.75. The van der Waals surface area contributed by atoms with Gasteiger partial charge in [0.2, 0.25) is 0 Å². The third-order valence-corrected chi connectivity index (χ3v) is 2.64. The van der Waals surface area contributed by atoms with Gasteiger partial charge in [0.05, 0.1) is 6.61 Å². The third-order valence-electron chi connectivity index (χ3n) is 2.64. The van der Waals surface area contributed by atoms with Gasteiger partial charge in [0, 0.05) is 7.11 Å². The molecule has 15 heavy (non-hydrogen) atoms. The molecule has 1 saturated carbocycles. The summed E-state index contributed by atoms with van der Waals surface area (Å²) in [5, 5.41) is 0. The summed E-state index contributed by atoms with van der Waals surface area (Å²) >= 11 is 0. The minimum atomic E-state index is -0.657. The highest BCUT2D eigenvalue weighted by atomic mass is 16.5. The predicted molar refractivity (Wildman–Crippen MR) is 57.3 cm³/mol. The normalized spacial score (nSPS) is 20.1. The van der Waals surface area contributed by atoms with Gasteiger partial charge in [-0.1, -0.05) is 13.8 Å². The van der Waals surface area contributed by atoms with Crippen molar-refractivity contribution in [3.05, 3.63) is 0 Å². The van der Waals surface area contributed by atoms with Crippen molar-refractivity contribution in [1.82, 2.24) is 0 Å². The molecule has 1 rings (SSSR count). The first-order chi connectivity index (χ1) is 7.06. The van der Waals surface area contributed by atoms with E-state index >= 15 is 0 Å². The maximum atomic E-state index is 11.6. The summed E-state index contributed by atoms with van der Waals surface area (Å²) in [6, 6.07) is -0.657. The molecule has 0 bridgehead atoms. The lowest BCUT2D eigenvalue weighted by Crippen LogP contribution is -2.40. The topological polar surface area (TPSA) is 61.5 Å². The Morgan fingerprint density at radius 2 is 2.07 bits per heavy atom. The van der Waals surface area contributed by atoms with E-state index < -0.39 is 6.04 Å². The van der Waals surface area contributed by atoms with Crippen molar-refractivity contribution in [2.24, 2.45) is 17.6 Å². The van der Waals surface area contributed by atoms with Gasteiger partial charge in [-0.05, 0) is 24.7 Å². The molecule has 1 unspecified atom stereocenters. The van der Waals surface area contributed by atoms with E-state index in [0.717, 1.165) is 12.8 Å². The standard InChI is InChI=1S/C11H21NO3/c1-7(2)10(8-4-5-8)15-11(13)9(12)6-14-3/h7-10H,4-6,12H2,1-3H3/t9-,10?/m0/s1. The Balaban J connectivity index is 2.39. The van der Waals surface area contributed by atoms with Gasteiger partial charge in [-0.2, -0.15) is 0 Å². The number of rotatable bonds is 6. The molecule has 1 aliphatic rings. The highest BCUT2D eigenvalue weighted by Gasteiger charge is 2.36. The molecule has 2 N–H and O–H groups in total. The van der Waals surface area contributed by atoms with E-state index in [1.165, 1.54) is 7.11 Å². The molecule has 88 valence electrons. The molecule has 0 aliphatic heterocycles. The smallest absolute Gasteiger partial charge is 0.325 e. The number of nitrogens with two attached hydrogens (primary N) is 1. The summed E-state index contributed by atoms with van der Waals surface area (Å²) in [5.41, 5.74) is 5.60. The second-order valence-corrected chi connectivity index (χ2v) is 4.54. The Morgan fingerprint density at radius 3 is 2.47 bits per heavy atom. The number of carbonyl (C=O) groups is 1. The van der Waals surface area contributed by atoms with E-state index in [2.05, 4.69) is 13.8 Å². The molecular formula is C11H21NO3. The van der Waals surface area contributed by atoms with E-state index in [0.29, 0.717) is 11.8 Å². The molecule has 1 aliphatic carbocycles. The maximum absolute atomic E-state index is 11.6. The molecule has 2 atom stereocenters. The van der Waals surface area contributed by atoms with Crippen molar-refractivity contribution in [1.29, 1.82) is 0 Å². The van der Waals surface area contributed by atoms with Crippen LogP contribution in [0.2, 0.25) is 0 Å². The van der Waals surface area contributed by atoms with Crippen molar-refractivity contribution in [2.45, 2.75) is 38.8 Å². The predicted octanol–water partition coefficient (Wildman–Crippen LogP) is 0.938. The molecule has 4 nitrogen and oxygen atoms in total. The SMILES string of the molecule is COC[C@H](N)C(=O)OC(C(C)C)C1CC1. The molecule has 0 aromatic heterocycles. The van der Waals surface area contributed by atoms with Crippen LogP contribution in [0.25, 0.3) is 0 Å². The quantitative estimate of drug-likeness (QED) is 0.670. The van der Waals surface area contributed by atoms with Crippen molar-refractivity contribution in [3.8, 4) is 0 Å². The number of methoxy groups -OCH3 is 1. The Hall–Kier alpha value is -0.610. The van der Waals surface area contributed by atoms with Gasteiger partial charge in [0.15, 0.2) is 0 Å². The Kier molecular flexibility index (Phi) is 4.54. The van der Waals surface area contributed by atoms with Crippen molar-refractivity contribution in [3.63, 3.8) is 0 Å². The summed E-state index contributed by atoms with van der Waals surface area (Å²) in [4.78, 5) is 11.6. The van der Waals surface area contributed by atoms with Crippen molar-refractivity contribution >= 4 is 5.97 Å². The van der Waals surface area contributed by atoms with Gasteiger partial charge in [0.1, 0.15) is 12.1 Å². The molecule has 0 aromatic carbocycles. The average Bonchev–Trinajstić information content (AvgIpc) is 2.97. The van der Waals surface area contributed by atoms with Gasteiger partial charge < -0.3 is 15.2 Å². The molecule has 1 fully saturated rings. The Morgan fingerprint density at radius 1 is 1.47 bits per heavy atom. The monoisotopic (exact) mass is 215 g/mol. The van der Waals surface area contributed by atoms with Crippen LogP contribution in [0.3, 0.4) is 0 Å². The van der Waals surface area contributed by atoms with Crippen LogP contribution >= 0.6 is 0 Å². The minimum absolute atomic E-state index is 0.0282. The van der Waals surface area contributed by atoms with Crippen molar-refractivity contribution < 1.29 is 14.3 Å². The van der Waals surface area contributed by atoms with E-state index in [4.69, 9.17) is 15.2 Å². The molecular weight excluding hydrogens is 194 g/mol. The molecule has 0 saturated heterocycles. The van der Waals surface area contributed by atoms with E-state index in [-0.39, 0.29) is 18.7 Å². The van der Waals surface area contributed by atoms with Crippen LogP contribution in [0.5, 0.6) is 0 Å². The Labute approximate surface area is 91.1 Å². The summed E-state index contributed by atoms with van der Waals surface area (Å²) < 4.78 is 10.2. The van der Waals surface area contributed by atoms with Gasteiger partial charge in [-0.25, -0.2) is 0 Å². The van der Waals surface area contributed by atoms with Gasteiger partial charge in [0.25, 0.3) is 0 Å². The zero-order valence-corrected chi connectivity index (χ0v) is 9.73. The van der Waals surface area contributed by atoms with Crippen LogP contribution < -0.4 is 5.73 Å².